The normalized spacial score (nSPS) is 31.3. The van der Waals surface area contributed by atoms with E-state index in [2.05, 4.69) is 10.6 Å². The van der Waals surface area contributed by atoms with Crippen molar-refractivity contribution in [1.82, 2.24) is 10.2 Å². The average molecular weight is 550 g/mol. The van der Waals surface area contributed by atoms with Gasteiger partial charge in [-0.25, -0.2) is 0 Å². The van der Waals surface area contributed by atoms with Crippen molar-refractivity contribution in [3.8, 4) is 5.75 Å². The van der Waals surface area contributed by atoms with Gasteiger partial charge in [0.05, 0.1) is 36.7 Å². The van der Waals surface area contributed by atoms with Crippen LogP contribution in [0.25, 0.3) is 0 Å². The maximum atomic E-state index is 14.4. The summed E-state index contributed by atoms with van der Waals surface area (Å²) in [6.45, 7) is 9.67. The molecule has 3 heterocycles. The van der Waals surface area contributed by atoms with E-state index in [4.69, 9.17) is 9.47 Å². The van der Waals surface area contributed by atoms with Crippen molar-refractivity contribution in [2.45, 2.75) is 70.4 Å². The van der Waals surface area contributed by atoms with E-state index in [1.807, 2.05) is 65.0 Å². The number of nitrogens with zero attached hydrogens (tertiary/aromatic N) is 1. The van der Waals surface area contributed by atoms with Crippen molar-refractivity contribution in [2.24, 2.45) is 17.8 Å². The molecule has 2 aromatic rings. The molecular weight excluding hydrogens is 510 g/mol. The fourth-order valence-electron chi connectivity index (χ4n) is 7.13. The number of amides is 3. The lowest BCUT2D eigenvalue weighted by Crippen LogP contribution is -2.57. The standard InChI is InChI=1S/C31H39N3O6/c1-6-39-22-14-12-21(13-15-22)33-27(36)24-25-29(38)34(23(17-35)20-10-8-7-9-11-20)26(28(37)32-18(2)3)31(25)16-19(4)30(24,5)40-31/h7-15,18-19,23-26,35H,6,16-17H2,1-5H3,(H,32,37)(H,33,36)/t19?,23-,24+,25+,26?,30-,31?/m1/s1. The fourth-order valence-corrected chi connectivity index (χ4v) is 7.13. The Labute approximate surface area is 235 Å². The van der Waals surface area contributed by atoms with Gasteiger partial charge in [0, 0.05) is 11.7 Å². The largest absolute Gasteiger partial charge is 0.494 e. The zero-order chi connectivity index (χ0) is 28.8. The van der Waals surface area contributed by atoms with Crippen LogP contribution in [0.15, 0.2) is 54.6 Å². The number of nitrogens with one attached hydrogen (secondary N) is 2. The number of rotatable bonds is 9. The number of aliphatic hydroxyl groups is 1. The van der Waals surface area contributed by atoms with E-state index in [0.717, 1.165) is 0 Å². The molecule has 3 amide bonds. The van der Waals surface area contributed by atoms with Gasteiger partial charge >= 0.3 is 0 Å². The Kier molecular flexibility index (Phi) is 7.39. The van der Waals surface area contributed by atoms with Crippen molar-refractivity contribution >= 4 is 23.4 Å². The Hall–Kier alpha value is -3.43. The predicted octanol–water partition coefficient (Wildman–Crippen LogP) is 3.29. The van der Waals surface area contributed by atoms with Crippen LogP contribution in [0.2, 0.25) is 0 Å². The van der Waals surface area contributed by atoms with E-state index in [1.54, 1.807) is 24.3 Å². The number of carbonyl (C=O) groups excluding carboxylic acids is 3. The molecule has 3 N–H and O–H groups in total. The Morgan fingerprint density at radius 1 is 1.12 bits per heavy atom. The van der Waals surface area contributed by atoms with Crippen LogP contribution in [-0.4, -0.2) is 64.2 Å². The minimum Gasteiger partial charge on any atom is -0.494 e. The molecule has 214 valence electrons. The van der Waals surface area contributed by atoms with Crippen LogP contribution < -0.4 is 15.4 Å². The molecule has 2 aromatic carbocycles. The fraction of sp³-hybridized carbons (Fsp3) is 0.516. The maximum absolute atomic E-state index is 14.4. The lowest BCUT2D eigenvalue weighted by Gasteiger charge is -2.37. The summed E-state index contributed by atoms with van der Waals surface area (Å²) < 4.78 is 12.3. The van der Waals surface area contributed by atoms with Gasteiger partial charge in [-0.15, -0.1) is 0 Å². The molecular formula is C31H39N3O6. The summed E-state index contributed by atoms with van der Waals surface area (Å²) in [7, 11) is 0. The highest BCUT2D eigenvalue weighted by molar-refractivity contribution is 6.02. The summed E-state index contributed by atoms with van der Waals surface area (Å²) in [6, 6.07) is 14.3. The van der Waals surface area contributed by atoms with Crippen LogP contribution in [0.3, 0.4) is 0 Å². The lowest BCUT2D eigenvalue weighted by atomic mass is 9.62. The van der Waals surface area contributed by atoms with E-state index < -0.39 is 35.1 Å². The Bertz CT molecular complexity index is 1270. The van der Waals surface area contributed by atoms with Gasteiger partial charge in [-0.1, -0.05) is 37.3 Å². The number of ether oxygens (including phenoxy) is 2. The van der Waals surface area contributed by atoms with Gasteiger partial charge in [0.2, 0.25) is 17.7 Å². The van der Waals surface area contributed by atoms with Crippen LogP contribution in [-0.2, 0) is 19.1 Å². The first kappa shape index (κ1) is 28.1. The Balaban J connectivity index is 1.56. The monoisotopic (exact) mass is 549 g/mol. The minimum absolute atomic E-state index is 0.0915. The zero-order valence-corrected chi connectivity index (χ0v) is 23.7. The van der Waals surface area contributed by atoms with Crippen LogP contribution in [0, 0.1) is 17.8 Å². The van der Waals surface area contributed by atoms with Crippen LogP contribution in [0.1, 0.15) is 52.6 Å². The van der Waals surface area contributed by atoms with Crippen molar-refractivity contribution in [2.75, 3.05) is 18.5 Å². The topological polar surface area (TPSA) is 117 Å². The highest BCUT2D eigenvalue weighted by Gasteiger charge is 2.80. The predicted molar refractivity (Wildman–Crippen MR) is 149 cm³/mol. The summed E-state index contributed by atoms with van der Waals surface area (Å²) in [6.07, 6.45) is 0.451. The molecule has 1 spiro atoms. The third-order valence-corrected chi connectivity index (χ3v) is 8.84. The number of aliphatic hydroxyl groups excluding tert-OH is 1. The number of anilines is 1. The van der Waals surface area contributed by atoms with Crippen LogP contribution in [0.4, 0.5) is 5.69 Å². The Morgan fingerprint density at radius 3 is 2.40 bits per heavy atom. The molecule has 2 bridgehead atoms. The highest BCUT2D eigenvalue weighted by Crippen LogP contribution is 2.66. The van der Waals surface area contributed by atoms with Gasteiger partial charge in [-0.05, 0) is 69.9 Å². The summed E-state index contributed by atoms with van der Waals surface area (Å²) in [5, 5.41) is 16.5. The number of fused-ring (bicyclic) bond motifs is 1. The number of likely N-dealkylation sites (tertiary alicyclic amines) is 1. The van der Waals surface area contributed by atoms with Crippen molar-refractivity contribution < 1.29 is 29.0 Å². The van der Waals surface area contributed by atoms with Crippen LogP contribution in [0.5, 0.6) is 5.75 Å². The molecule has 0 radical (unpaired) electrons. The molecule has 3 fully saturated rings. The molecule has 7 atom stereocenters. The van der Waals surface area contributed by atoms with E-state index in [9.17, 15) is 19.5 Å². The maximum Gasteiger partial charge on any atom is 0.246 e. The van der Waals surface area contributed by atoms with Crippen LogP contribution >= 0.6 is 0 Å². The average Bonchev–Trinajstić information content (AvgIpc) is 3.43. The van der Waals surface area contributed by atoms with Crippen molar-refractivity contribution in [1.29, 1.82) is 0 Å². The van der Waals surface area contributed by atoms with E-state index >= 15 is 0 Å². The quantitative estimate of drug-likeness (QED) is 0.442. The van der Waals surface area contributed by atoms with Crippen molar-refractivity contribution in [3.63, 3.8) is 0 Å². The molecule has 9 nitrogen and oxygen atoms in total. The summed E-state index contributed by atoms with van der Waals surface area (Å²) in [5.74, 6) is -2.13. The number of carbonyl (C=O) groups is 3. The van der Waals surface area contributed by atoms with Gasteiger partial charge < -0.3 is 30.1 Å². The van der Waals surface area contributed by atoms with Gasteiger partial charge in [0.1, 0.15) is 17.4 Å². The molecule has 0 saturated carbocycles. The minimum atomic E-state index is -1.20. The van der Waals surface area contributed by atoms with Gasteiger partial charge in [-0.3, -0.25) is 14.4 Å². The molecule has 3 aliphatic heterocycles. The van der Waals surface area contributed by atoms with Crippen molar-refractivity contribution in [3.05, 3.63) is 60.2 Å². The molecule has 0 aromatic heterocycles. The second-order valence-electron chi connectivity index (χ2n) is 11.7. The third kappa shape index (κ3) is 4.36. The van der Waals surface area contributed by atoms with E-state index in [-0.39, 0.29) is 36.3 Å². The Morgan fingerprint density at radius 2 is 1.80 bits per heavy atom. The zero-order valence-electron chi connectivity index (χ0n) is 23.7. The number of hydrogen-bond donors (Lipinski definition) is 3. The smallest absolute Gasteiger partial charge is 0.246 e. The SMILES string of the molecule is CCOc1ccc(NC(=O)[C@@H]2[C@H]3C(=O)N([C@H](CO)c4ccccc4)C(C(=O)NC(C)C)C34CC(C)[C@@]2(C)O4)cc1. The second-order valence-corrected chi connectivity index (χ2v) is 11.7. The molecule has 0 aliphatic carbocycles. The number of benzene rings is 2. The first-order chi connectivity index (χ1) is 19.1. The molecule has 3 aliphatic rings. The molecule has 3 unspecified atom stereocenters. The summed E-state index contributed by atoms with van der Waals surface area (Å²) in [5.41, 5.74) is -0.857. The van der Waals surface area contributed by atoms with E-state index in [0.29, 0.717) is 30.0 Å². The van der Waals surface area contributed by atoms with Gasteiger partial charge in [-0.2, -0.15) is 0 Å². The highest BCUT2D eigenvalue weighted by atomic mass is 16.5. The third-order valence-electron chi connectivity index (χ3n) is 8.84. The number of hydrogen-bond acceptors (Lipinski definition) is 6. The molecule has 40 heavy (non-hydrogen) atoms. The second kappa shape index (κ2) is 10.5. The summed E-state index contributed by atoms with van der Waals surface area (Å²) in [4.78, 5) is 43.8. The molecule has 3 saturated heterocycles. The molecule has 5 rings (SSSR count). The van der Waals surface area contributed by atoms with Gasteiger partial charge in [0.25, 0.3) is 0 Å². The first-order valence-corrected chi connectivity index (χ1v) is 14.1. The summed E-state index contributed by atoms with van der Waals surface area (Å²) >= 11 is 0. The van der Waals surface area contributed by atoms with E-state index in [1.165, 1.54) is 4.90 Å². The first-order valence-electron chi connectivity index (χ1n) is 14.1. The van der Waals surface area contributed by atoms with Gasteiger partial charge in [0.15, 0.2) is 0 Å². The lowest BCUT2D eigenvalue weighted by molar-refractivity contribution is -0.150. The molecule has 9 heteroatoms.